The maximum atomic E-state index is 9.55. The molecule has 0 saturated carbocycles. The molecule has 0 aromatic carbocycles. The van der Waals surface area contributed by atoms with E-state index in [1.807, 2.05) is 0 Å². The molecular formula is C7H16O3S2. The molecule has 0 amide bonds. The lowest BCUT2D eigenvalue weighted by Crippen LogP contribution is -1.93. The van der Waals surface area contributed by atoms with Gasteiger partial charge in [-0.3, -0.25) is 4.79 Å². The predicted octanol–water partition coefficient (Wildman–Crippen LogP) is 1.08. The Labute approximate surface area is 84.0 Å². The fourth-order valence-corrected chi connectivity index (χ4v) is 0.734. The van der Waals surface area contributed by atoms with Crippen molar-refractivity contribution in [2.24, 2.45) is 0 Å². The van der Waals surface area contributed by atoms with Gasteiger partial charge in [-0.1, -0.05) is 0 Å². The number of carboxylic acids is 1. The standard InChI is InChI=1S/C4H10OS.C3H6O2S/c5-3-1-2-4-6;4-3(5)1-2-6/h5-6H,1-4H2;6H,1-2H2,(H,4,5). The number of unbranched alkanes of at least 4 members (excludes halogenated alkanes) is 1. The van der Waals surface area contributed by atoms with Gasteiger partial charge in [0.15, 0.2) is 0 Å². The van der Waals surface area contributed by atoms with Crippen LogP contribution in [0.15, 0.2) is 0 Å². The van der Waals surface area contributed by atoms with Gasteiger partial charge >= 0.3 is 5.97 Å². The topological polar surface area (TPSA) is 57.5 Å². The van der Waals surface area contributed by atoms with Crippen LogP contribution in [-0.4, -0.2) is 34.3 Å². The van der Waals surface area contributed by atoms with E-state index in [9.17, 15) is 4.79 Å². The van der Waals surface area contributed by atoms with Crippen LogP contribution in [0, 0.1) is 0 Å². The van der Waals surface area contributed by atoms with Crippen LogP contribution in [0.1, 0.15) is 19.3 Å². The fraction of sp³-hybridized carbons (Fsp3) is 0.857. The number of thiol groups is 2. The highest BCUT2D eigenvalue weighted by atomic mass is 32.1. The molecule has 0 rings (SSSR count). The van der Waals surface area contributed by atoms with Crippen LogP contribution >= 0.6 is 25.3 Å². The molecule has 0 aliphatic carbocycles. The molecule has 0 atom stereocenters. The fourth-order valence-electron chi connectivity index (χ4n) is 0.319. The van der Waals surface area contributed by atoms with Crippen LogP contribution in [0.5, 0.6) is 0 Å². The van der Waals surface area contributed by atoms with Gasteiger partial charge in [0.2, 0.25) is 0 Å². The van der Waals surface area contributed by atoms with Crippen LogP contribution in [0.3, 0.4) is 0 Å². The summed E-state index contributed by atoms with van der Waals surface area (Å²) >= 11 is 7.62. The summed E-state index contributed by atoms with van der Waals surface area (Å²) in [5, 5.41) is 16.0. The highest BCUT2D eigenvalue weighted by Gasteiger charge is 1.88. The SMILES string of the molecule is O=C(O)CCS.OCCCCS. The molecule has 0 aromatic rings. The van der Waals surface area contributed by atoms with Gasteiger partial charge in [-0.2, -0.15) is 25.3 Å². The summed E-state index contributed by atoms with van der Waals surface area (Å²) in [6, 6.07) is 0. The van der Waals surface area contributed by atoms with E-state index >= 15 is 0 Å². The normalized spacial score (nSPS) is 8.58. The second-order valence-electron chi connectivity index (χ2n) is 2.02. The summed E-state index contributed by atoms with van der Waals surface area (Å²) in [6.07, 6.45) is 2.08. The molecule has 0 heterocycles. The number of rotatable bonds is 5. The Balaban J connectivity index is 0. The minimum Gasteiger partial charge on any atom is -0.481 e. The molecule has 0 bridgehead atoms. The lowest BCUT2D eigenvalue weighted by molar-refractivity contribution is -0.136. The Kier molecular flexibility index (Phi) is 16.7. The molecule has 0 aliphatic heterocycles. The molecule has 0 fully saturated rings. The molecule has 12 heavy (non-hydrogen) atoms. The van der Waals surface area contributed by atoms with Gasteiger partial charge in [-0.05, 0) is 18.6 Å². The van der Waals surface area contributed by atoms with Crippen molar-refractivity contribution < 1.29 is 15.0 Å². The van der Waals surface area contributed by atoms with Crippen molar-refractivity contribution in [2.45, 2.75) is 19.3 Å². The Morgan fingerprint density at radius 2 is 1.75 bits per heavy atom. The molecule has 0 saturated heterocycles. The second kappa shape index (κ2) is 13.7. The summed E-state index contributed by atoms with van der Waals surface area (Å²) in [5.41, 5.74) is 0. The van der Waals surface area contributed by atoms with Crippen molar-refractivity contribution in [1.29, 1.82) is 0 Å². The first-order chi connectivity index (χ1) is 5.68. The monoisotopic (exact) mass is 212 g/mol. The zero-order chi connectivity index (χ0) is 9.82. The van der Waals surface area contributed by atoms with Crippen molar-refractivity contribution in [3.8, 4) is 0 Å². The third-order valence-corrected chi connectivity index (χ3v) is 1.43. The Morgan fingerprint density at radius 1 is 1.17 bits per heavy atom. The smallest absolute Gasteiger partial charge is 0.304 e. The van der Waals surface area contributed by atoms with Gasteiger partial charge in [0.05, 0.1) is 6.42 Å². The summed E-state index contributed by atoms with van der Waals surface area (Å²) in [6.45, 7) is 0.306. The van der Waals surface area contributed by atoms with Crippen LogP contribution in [0.2, 0.25) is 0 Å². The van der Waals surface area contributed by atoms with E-state index in [4.69, 9.17) is 10.2 Å². The number of carboxylic acid groups (broad SMARTS) is 1. The van der Waals surface area contributed by atoms with Crippen LogP contribution < -0.4 is 0 Å². The van der Waals surface area contributed by atoms with Gasteiger partial charge in [-0.25, -0.2) is 0 Å². The van der Waals surface area contributed by atoms with E-state index in [-0.39, 0.29) is 6.42 Å². The number of aliphatic carboxylic acids is 1. The minimum atomic E-state index is -0.787. The molecule has 0 aliphatic rings. The summed E-state index contributed by atoms with van der Waals surface area (Å²) in [4.78, 5) is 9.55. The summed E-state index contributed by atoms with van der Waals surface area (Å²) in [7, 11) is 0. The molecule has 2 N–H and O–H groups in total. The third kappa shape index (κ3) is 22.5. The molecule has 0 radical (unpaired) electrons. The molecule has 0 aromatic heterocycles. The van der Waals surface area contributed by atoms with E-state index in [2.05, 4.69) is 25.3 Å². The average molecular weight is 212 g/mol. The number of aliphatic hydroxyl groups excluding tert-OH is 1. The minimum absolute atomic E-state index is 0.156. The van der Waals surface area contributed by atoms with E-state index in [1.54, 1.807) is 0 Å². The summed E-state index contributed by atoms with van der Waals surface area (Å²) in [5.74, 6) is 0.528. The average Bonchev–Trinajstić information content (AvgIpc) is 2.02. The lowest BCUT2D eigenvalue weighted by Gasteiger charge is -1.85. The maximum Gasteiger partial charge on any atom is 0.304 e. The molecule has 3 nitrogen and oxygen atoms in total. The molecule has 5 heteroatoms. The number of hydrogen-bond acceptors (Lipinski definition) is 4. The van der Waals surface area contributed by atoms with Crippen molar-refractivity contribution in [2.75, 3.05) is 18.1 Å². The van der Waals surface area contributed by atoms with Crippen molar-refractivity contribution in [1.82, 2.24) is 0 Å². The zero-order valence-electron chi connectivity index (χ0n) is 6.94. The summed E-state index contributed by atoms with van der Waals surface area (Å²) < 4.78 is 0. The van der Waals surface area contributed by atoms with Gasteiger partial charge in [0.25, 0.3) is 0 Å². The maximum absolute atomic E-state index is 9.55. The quantitative estimate of drug-likeness (QED) is 0.407. The zero-order valence-corrected chi connectivity index (χ0v) is 8.73. The lowest BCUT2D eigenvalue weighted by atomic mass is 10.4. The van der Waals surface area contributed by atoms with Crippen molar-refractivity contribution in [3.63, 3.8) is 0 Å². The van der Waals surface area contributed by atoms with Gasteiger partial charge in [0, 0.05) is 12.4 Å². The van der Waals surface area contributed by atoms with Crippen LogP contribution in [-0.2, 0) is 4.79 Å². The highest BCUT2D eigenvalue weighted by molar-refractivity contribution is 7.80. The van der Waals surface area contributed by atoms with Gasteiger partial charge in [-0.15, -0.1) is 0 Å². The van der Waals surface area contributed by atoms with Crippen LogP contribution in [0.25, 0.3) is 0 Å². The van der Waals surface area contributed by atoms with E-state index in [0.717, 1.165) is 18.6 Å². The first-order valence-corrected chi connectivity index (χ1v) is 4.99. The molecule has 0 unspecified atom stereocenters. The number of aliphatic hydroxyl groups is 1. The van der Waals surface area contributed by atoms with Gasteiger partial charge in [0.1, 0.15) is 0 Å². The van der Waals surface area contributed by atoms with Gasteiger partial charge < -0.3 is 10.2 Å². The number of carbonyl (C=O) groups is 1. The number of hydrogen-bond donors (Lipinski definition) is 4. The Morgan fingerprint density at radius 3 is 1.83 bits per heavy atom. The molecule has 0 spiro atoms. The van der Waals surface area contributed by atoms with E-state index in [1.165, 1.54) is 0 Å². The van der Waals surface area contributed by atoms with Crippen molar-refractivity contribution >= 4 is 31.2 Å². The highest BCUT2D eigenvalue weighted by Crippen LogP contribution is 1.87. The second-order valence-corrected chi connectivity index (χ2v) is 2.92. The Bertz CT molecular complexity index is 94.7. The largest absolute Gasteiger partial charge is 0.481 e. The van der Waals surface area contributed by atoms with Crippen LogP contribution in [0.4, 0.5) is 0 Å². The predicted molar refractivity (Wildman–Crippen MR) is 56.3 cm³/mol. The first-order valence-electron chi connectivity index (χ1n) is 3.73. The van der Waals surface area contributed by atoms with E-state index < -0.39 is 5.97 Å². The van der Waals surface area contributed by atoms with E-state index in [0.29, 0.717) is 12.4 Å². The van der Waals surface area contributed by atoms with Crippen molar-refractivity contribution in [3.05, 3.63) is 0 Å². The Hall–Kier alpha value is 0.130. The molecule has 74 valence electrons. The first kappa shape index (κ1) is 14.6. The molecular weight excluding hydrogens is 196 g/mol. The third-order valence-electron chi connectivity index (χ3n) is 0.892.